The molecule has 1 unspecified atom stereocenters. The Bertz CT molecular complexity index is 2490. The maximum Gasteiger partial charge on any atom is 0.410 e. The Morgan fingerprint density at radius 1 is 0.982 bits per heavy atom. The van der Waals surface area contributed by atoms with Gasteiger partial charge in [0.15, 0.2) is 0 Å². The van der Waals surface area contributed by atoms with Gasteiger partial charge in [-0.05, 0) is 63.8 Å². The normalized spacial score (nSPS) is 20.4. The van der Waals surface area contributed by atoms with Crippen LogP contribution < -0.4 is 5.32 Å². The molecule has 14 heteroatoms. The number of hydrogen-bond donors (Lipinski definition) is 1. The van der Waals surface area contributed by atoms with Crippen molar-refractivity contribution in [1.29, 1.82) is 0 Å². The molecule has 1 saturated heterocycles. The van der Waals surface area contributed by atoms with Crippen molar-refractivity contribution in [3.8, 4) is 16.9 Å². The fourth-order valence-corrected chi connectivity index (χ4v) is 8.70. The van der Waals surface area contributed by atoms with Crippen molar-refractivity contribution in [3.05, 3.63) is 114 Å². The largest absolute Gasteiger partial charge is 0.444 e. The molecule has 2 fully saturated rings. The smallest absolute Gasteiger partial charge is 0.410 e. The first-order valence-corrected chi connectivity index (χ1v) is 19.6. The van der Waals surface area contributed by atoms with Crippen LogP contribution in [-0.4, -0.2) is 93.1 Å². The lowest BCUT2D eigenvalue weighted by Crippen LogP contribution is -2.59. The van der Waals surface area contributed by atoms with Crippen molar-refractivity contribution in [2.24, 2.45) is 13.0 Å². The van der Waals surface area contributed by atoms with Crippen molar-refractivity contribution in [1.82, 2.24) is 49.2 Å². The van der Waals surface area contributed by atoms with Gasteiger partial charge in [0.2, 0.25) is 5.91 Å². The van der Waals surface area contributed by atoms with Gasteiger partial charge in [0.1, 0.15) is 16.8 Å². The Morgan fingerprint density at radius 3 is 2.58 bits per heavy atom. The van der Waals surface area contributed by atoms with Gasteiger partial charge < -0.3 is 29.0 Å². The van der Waals surface area contributed by atoms with E-state index < -0.39 is 11.1 Å². The van der Waals surface area contributed by atoms with Crippen molar-refractivity contribution >= 4 is 28.8 Å². The molecular weight excluding hydrogens is 721 g/mol. The lowest BCUT2D eigenvalue weighted by Gasteiger charge is -2.47. The molecule has 57 heavy (non-hydrogen) atoms. The van der Waals surface area contributed by atoms with E-state index in [0.29, 0.717) is 63.1 Å². The van der Waals surface area contributed by atoms with E-state index >= 15 is 0 Å². The Morgan fingerprint density at radius 2 is 1.77 bits per heavy atom. The molecule has 3 amide bonds. The molecule has 1 saturated carbocycles. The third-order valence-electron chi connectivity index (χ3n) is 11.6. The number of rotatable bonds is 7. The number of nitrogens with one attached hydrogen (secondary N) is 1. The van der Waals surface area contributed by atoms with Crippen molar-refractivity contribution in [2.45, 2.75) is 70.2 Å². The average molecular weight is 767 g/mol. The highest BCUT2D eigenvalue weighted by Gasteiger charge is 2.54. The summed E-state index contributed by atoms with van der Waals surface area (Å²) in [6.45, 7) is 7.41. The topological polar surface area (TPSA) is 145 Å². The second-order valence-electron chi connectivity index (χ2n) is 16.5. The summed E-state index contributed by atoms with van der Waals surface area (Å²) in [4.78, 5) is 53.7. The van der Waals surface area contributed by atoms with E-state index in [2.05, 4.69) is 55.5 Å². The van der Waals surface area contributed by atoms with Crippen LogP contribution in [0, 0.1) is 5.92 Å². The average Bonchev–Trinajstić information content (AvgIpc) is 4.00. The van der Waals surface area contributed by atoms with Gasteiger partial charge in [-0.15, -0.1) is 5.10 Å². The third-order valence-corrected chi connectivity index (χ3v) is 11.6. The summed E-state index contributed by atoms with van der Waals surface area (Å²) in [5, 5.41) is 13.1. The fraction of sp³-hybridized carbons (Fsp3) is 0.372. The first kappa shape index (κ1) is 36.3. The minimum absolute atomic E-state index is 0.0392. The van der Waals surface area contributed by atoms with Crippen molar-refractivity contribution < 1.29 is 19.1 Å². The SMILES string of the molecule is Cn1cnc2c1CCN(C(=O)C1CC(NC(=O)c3cncc(-n4cc(Cn5c(-c6ccccc6)cc6ccccc65)nn4)c3)C1)C21CCN(C(=O)OC(C)(C)C)C1. The van der Waals surface area contributed by atoms with Crippen LogP contribution in [0.2, 0.25) is 0 Å². The maximum absolute atomic E-state index is 14.2. The van der Waals surface area contributed by atoms with Crippen LogP contribution in [-0.2, 0) is 35.1 Å². The van der Waals surface area contributed by atoms with Gasteiger partial charge in [0.25, 0.3) is 5.91 Å². The van der Waals surface area contributed by atoms with E-state index in [1.165, 1.54) is 6.20 Å². The van der Waals surface area contributed by atoms with Gasteiger partial charge in [-0.2, -0.15) is 0 Å². The van der Waals surface area contributed by atoms with Crippen LogP contribution in [0.1, 0.15) is 67.5 Å². The number of benzene rings is 2. The minimum Gasteiger partial charge on any atom is -0.444 e. The number of pyridine rings is 1. The molecule has 6 aromatic rings. The number of fused-ring (bicyclic) bond motifs is 3. The molecule has 1 atom stereocenters. The maximum atomic E-state index is 14.2. The van der Waals surface area contributed by atoms with E-state index in [0.717, 1.165) is 39.2 Å². The quantitative estimate of drug-likeness (QED) is 0.225. The van der Waals surface area contributed by atoms with Crippen LogP contribution in [0.15, 0.2) is 91.6 Å². The molecule has 0 radical (unpaired) electrons. The number of nitrogens with zero attached hydrogens (tertiary/aromatic N) is 9. The zero-order chi connectivity index (χ0) is 39.5. The van der Waals surface area contributed by atoms with E-state index in [4.69, 9.17) is 9.72 Å². The minimum atomic E-state index is -0.718. The Hall–Kier alpha value is -6.31. The number of carbonyl (C=O) groups excluding carboxylic acids is 3. The summed E-state index contributed by atoms with van der Waals surface area (Å²) < 4.78 is 11.6. The monoisotopic (exact) mass is 766 g/mol. The standard InChI is InChI=1S/C43H46N10O4/c1-42(2,3)57-41(56)50-17-15-43(26-50)38-36(49(4)27-45-38)14-16-52(43)40(55)30-18-32(19-30)46-39(54)31-20-34(23-44-22-31)53-25-33(47-48-53)24-51-35-13-9-8-12-29(35)21-37(51)28-10-6-5-7-11-28/h5-13,20-23,25,27,30,32H,14-19,24,26H2,1-4H3,(H,46,54). The van der Waals surface area contributed by atoms with Crippen LogP contribution in [0.5, 0.6) is 0 Å². The highest BCUT2D eigenvalue weighted by atomic mass is 16.6. The van der Waals surface area contributed by atoms with Gasteiger partial charge in [-0.3, -0.25) is 14.6 Å². The molecule has 2 aromatic carbocycles. The molecule has 14 nitrogen and oxygen atoms in total. The van der Waals surface area contributed by atoms with E-state index in [1.54, 1.807) is 28.2 Å². The van der Waals surface area contributed by atoms with Crippen LogP contribution in [0.4, 0.5) is 4.79 Å². The molecular formula is C43H46N10O4. The Kier molecular flexibility index (Phi) is 8.93. The molecule has 0 bridgehead atoms. The van der Waals surface area contributed by atoms with Crippen LogP contribution in [0.3, 0.4) is 0 Å². The summed E-state index contributed by atoms with van der Waals surface area (Å²) >= 11 is 0. The number of imidazole rings is 1. The molecule has 1 aliphatic carbocycles. The Labute approximate surface area is 330 Å². The molecule has 6 heterocycles. The lowest BCUT2D eigenvalue weighted by molar-refractivity contribution is -0.147. The summed E-state index contributed by atoms with van der Waals surface area (Å²) in [5.74, 6) is -0.466. The summed E-state index contributed by atoms with van der Waals surface area (Å²) in [6.07, 6.45) is 8.80. The number of aromatic nitrogens is 7. The number of aryl methyl sites for hydroxylation is 1. The number of hydrogen-bond acceptors (Lipinski definition) is 8. The zero-order valence-electron chi connectivity index (χ0n) is 32.6. The molecule has 1 spiro atoms. The predicted octanol–water partition coefficient (Wildman–Crippen LogP) is 5.50. The van der Waals surface area contributed by atoms with E-state index in [-0.39, 0.29) is 29.9 Å². The lowest BCUT2D eigenvalue weighted by atomic mass is 9.76. The highest BCUT2D eigenvalue weighted by Crippen LogP contribution is 2.44. The fourth-order valence-electron chi connectivity index (χ4n) is 8.70. The van der Waals surface area contributed by atoms with Gasteiger partial charge in [-0.25, -0.2) is 14.5 Å². The van der Waals surface area contributed by atoms with E-state index in [9.17, 15) is 14.4 Å². The summed E-state index contributed by atoms with van der Waals surface area (Å²) in [5.41, 5.74) is 5.70. The molecule has 292 valence electrons. The van der Waals surface area contributed by atoms with Gasteiger partial charge in [-0.1, -0.05) is 53.7 Å². The summed E-state index contributed by atoms with van der Waals surface area (Å²) in [7, 11) is 1.97. The highest BCUT2D eigenvalue weighted by molar-refractivity contribution is 5.95. The molecule has 2 aliphatic heterocycles. The van der Waals surface area contributed by atoms with Crippen molar-refractivity contribution in [3.63, 3.8) is 0 Å². The number of para-hydroxylation sites is 1. The van der Waals surface area contributed by atoms with Gasteiger partial charge in [0.05, 0.1) is 48.8 Å². The van der Waals surface area contributed by atoms with E-state index in [1.807, 2.05) is 73.8 Å². The van der Waals surface area contributed by atoms with Crippen molar-refractivity contribution in [2.75, 3.05) is 19.6 Å². The van der Waals surface area contributed by atoms with Gasteiger partial charge >= 0.3 is 6.09 Å². The number of carbonyl (C=O) groups is 3. The molecule has 1 N–H and O–H groups in total. The third kappa shape index (κ3) is 6.72. The number of likely N-dealkylation sites (tertiary alicyclic amines) is 1. The predicted molar refractivity (Wildman–Crippen MR) is 212 cm³/mol. The second-order valence-corrected chi connectivity index (χ2v) is 16.5. The van der Waals surface area contributed by atoms with Crippen LogP contribution in [0.25, 0.3) is 27.8 Å². The zero-order valence-corrected chi connectivity index (χ0v) is 32.6. The number of amides is 3. The Balaban J connectivity index is 0.858. The first-order valence-electron chi connectivity index (χ1n) is 19.6. The second kappa shape index (κ2) is 14.0. The van der Waals surface area contributed by atoms with Gasteiger partial charge in [0, 0.05) is 67.0 Å². The number of ether oxygens (including phenoxy) is 1. The first-order chi connectivity index (χ1) is 27.5. The molecule has 3 aliphatic rings. The molecule has 9 rings (SSSR count). The molecule has 4 aromatic heterocycles. The summed E-state index contributed by atoms with van der Waals surface area (Å²) in [6, 6.07) is 22.4. The van der Waals surface area contributed by atoms with Crippen LogP contribution >= 0.6 is 0 Å².